The van der Waals surface area contributed by atoms with Crippen LogP contribution in [0, 0.1) is 5.82 Å². The lowest BCUT2D eigenvalue weighted by Gasteiger charge is -2.22. The zero-order valence-corrected chi connectivity index (χ0v) is 11.8. The maximum atomic E-state index is 13.9. The lowest BCUT2D eigenvalue weighted by atomic mass is 10.2. The molecule has 0 aliphatic carbocycles. The number of hydrogen-bond donors (Lipinski definition) is 1. The molecule has 1 aromatic carbocycles. The molecule has 0 saturated heterocycles. The Balaban J connectivity index is 2.22. The fraction of sp³-hybridized carbons (Fsp3) is 0.333. The summed E-state index contributed by atoms with van der Waals surface area (Å²) in [6, 6.07) is 6.68. The Morgan fingerprint density at radius 3 is 2.55 bits per heavy atom. The SMILES string of the molecule is CCNCc1cnc(N(CC)c2ccccc2F)cn1. The Bertz CT molecular complexity index is 542. The number of para-hydroxylation sites is 1. The molecule has 5 heteroatoms. The summed E-state index contributed by atoms with van der Waals surface area (Å²) in [6.07, 6.45) is 3.41. The zero-order chi connectivity index (χ0) is 14.4. The highest BCUT2D eigenvalue weighted by atomic mass is 19.1. The first-order valence-corrected chi connectivity index (χ1v) is 6.80. The van der Waals surface area contributed by atoms with Crippen LogP contribution in [-0.4, -0.2) is 23.1 Å². The van der Waals surface area contributed by atoms with Crippen molar-refractivity contribution in [3.8, 4) is 0 Å². The van der Waals surface area contributed by atoms with Gasteiger partial charge in [-0.3, -0.25) is 4.98 Å². The molecule has 1 N–H and O–H groups in total. The summed E-state index contributed by atoms with van der Waals surface area (Å²) in [5.74, 6) is 0.394. The molecule has 2 rings (SSSR count). The molecule has 0 aliphatic heterocycles. The van der Waals surface area contributed by atoms with Crippen LogP contribution in [0.15, 0.2) is 36.7 Å². The smallest absolute Gasteiger partial charge is 0.151 e. The van der Waals surface area contributed by atoms with Crippen molar-refractivity contribution in [2.75, 3.05) is 18.0 Å². The van der Waals surface area contributed by atoms with Gasteiger partial charge in [0.1, 0.15) is 5.82 Å². The predicted octanol–water partition coefficient (Wildman–Crippen LogP) is 2.88. The van der Waals surface area contributed by atoms with Crippen LogP contribution >= 0.6 is 0 Å². The molecule has 106 valence electrons. The van der Waals surface area contributed by atoms with E-state index in [1.807, 2.05) is 19.9 Å². The van der Waals surface area contributed by atoms with Crippen LogP contribution in [0.25, 0.3) is 0 Å². The standard InChI is InChI=1S/C15H19FN4/c1-3-17-9-12-10-19-15(11-18-12)20(4-2)14-8-6-5-7-13(14)16/h5-8,10-11,17H,3-4,9H2,1-2H3. The number of rotatable bonds is 6. The van der Waals surface area contributed by atoms with E-state index in [1.165, 1.54) is 6.07 Å². The van der Waals surface area contributed by atoms with Crippen molar-refractivity contribution in [3.05, 3.63) is 48.2 Å². The predicted molar refractivity (Wildman–Crippen MR) is 78.5 cm³/mol. The Kier molecular flexibility index (Phi) is 5.01. The van der Waals surface area contributed by atoms with E-state index in [2.05, 4.69) is 15.3 Å². The van der Waals surface area contributed by atoms with Gasteiger partial charge >= 0.3 is 0 Å². The second kappa shape index (κ2) is 6.96. The first-order chi connectivity index (χ1) is 9.76. The van der Waals surface area contributed by atoms with Gasteiger partial charge in [0, 0.05) is 13.1 Å². The third kappa shape index (κ3) is 3.30. The maximum Gasteiger partial charge on any atom is 0.151 e. The van der Waals surface area contributed by atoms with E-state index in [0.717, 1.165) is 12.2 Å². The maximum absolute atomic E-state index is 13.9. The molecule has 0 radical (unpaired) electrons. The quantitative estimate of drug-likeness (QED) is 0.879. The molecule has 0 atom stereocenters. The highest BCUT2D eigenvalue weighted by Gasteiger charge is 2.12. The number of anilines is 2. The Morgan fingerprint density at radius 1 is 1.15 bits per heavy atom. The second-order valence-electron chi connectivity index (χ2n) is 4.34. The first kappa shape index (κ1) is 14.4. The van der Waals surface area contributed by atoms with Gasteiger partial charge in [-0.25, -0.2) is 9.37 Å². The van der Waals surface area contributed by atoms with E-state index < -0.39 is 0 Å². The van der Waals surface area contributed by atoms with Crippen LogP contribution < -0.4 is 10.2 Å². The lowest BCUT2D eigenvalue weighted by molar-refractivity contribution is 0.625. The highest BCUT2D eigenvalue weighted by Crippen LogP contribution is 2.25. The second-order valence-corrected chi connectivity index (χ2v) is 4.34. The molecule has 1 heterocycles. The van der Waals surface area contributed by atoms with Crippen molar-refractivity contribution in [2.24, 2.45) is 0 Å². The van der Waals surface area contributed by atoms with Crippen LogP contribution in [0.4, 0.5) is 15.9 Å². The molecule has 1 aromatic heterocycles. The highest BCUT2D eigenvalue weighted by molar-refractivity contribution is 5.59. The zero-order valence-electron chi connectivity index (χ0n) is 11.8. The third-order valence-corrected chi connectivity index (χ3v) is 2.98. The average molecular weight is 274 g/mol. The van der Waals surface area contributed by atoms with Gasteiger partial charge in [-0.05, 0) is 25.6 Å². The van der Waals surface area contributed by atoms with Crippen LogP contribution in [0.2, 0.25) is 0 Å². The fourth-order valence-electron chi connectivity index (χ4n) is 1.96. The molecule has 0 fully saturated rings. The molecular weight excluding hydrogens is 255 g/mol. The van der Waals surface area contributed by atoms with Crippen LogP contribution in [-0.2, 0) is 6.54 Å². The van der Waals surface area contributed by atoms with E-state index in [-0.39, 0.29) is 5.82 Å². The van der Waals surface area contributed by atoms with Crippen molar-refractivity contribution in [2.45, 2.75) is 20.4 Å². The number of benzene rings is 1. The molecule has 0 amide bonds. The summed E-state index contributed by atoms with van der Waals surface area (Å²) in [5.41, 5.74) is 1.39. The van der Waals surface area contributed by atoms with Gasteiger partial charge < -0.3 is 10.2 Å². The largest absolute Gasteiger partial charge is 0.323 e. The van der Waals surface area contributed by atoms with Gasteiger partial charge in [-0.1, -0.05) is 19.1 Å². The van der Waals surface area contributed by atoms with Crippen molar-refractivity contribution >= 4 is 11.5 Å². The van der Waals surface area contributed by atoms with Crippen LogP contribution in [0.5, 0.6) is 0 Å². The first-order valence-electron chi connectivity index (χ1n) is 6.80. The number of hydrogen-bond acceptors (Lipinski definition) is 4. The van der Waals surface area contributed by atoms with Gasteiger partial charge in [0.05, 0.1) is 23.8 Å². The minimum absolute atomic E-state index is 0.257. The van der Waals surface area contributed by atoms with E-state index in [4.69, 9.17) is 0 Å². The molecule has 0 aliphatic rings. The summed E-state index contributed by atoms with van der Waals surface area (Å²) in [7, 11) is 0. The lowest BCUT2D eigenvalue weighted by Crippen LogP contribution is -2.19. The minimum atomic E-state index is -0.257. The average Bonchev–Trinajstić information content (AvgIpc) is 2.49. The third-order valence-electron chi connectivity index (χ3n) is 2.98. The van der Waals surface area contributed by atoms with Gasteiger partial charge in [-0.15, -0.1) is 0 Å². The van der Waals surface area contributed by atoms with E-state index >= 15 is 0 Å². The minimum Gasteiger partial charge on any atom is -0.323 e. The van der Waals surface area contributed by atoms with E-state index in [1.54, 1.807) is 29.4 Å². The summed E-state index contributed by atoms with van der Waals surface area (Å²) >= 11 is 0. The monoisotopic (exact) mass is 274 g/mol. The van der Waals surface area contributed by atoms with E-state index in [0.29, 0.717) is 24.6 Å². The number of nitrogens with one attached hydrogen (secondary N) is 1. The number of aromatic nitrogens is 2. The normalized spacial score (nSPS) is 10.6. The molecule has 0 unspecified atom stereocenters. The van der Waals surface area contributed by atoms with Gasteiger partial charge in [0.15, 0.2) is 5.82 Å². The Hall–Kier alpha value is -2.01. The molecule has 4 nitrogen and oxygen atoms in total. The summed E-state index contributed by atoms with van der Waals surface area (Å²) < 4.78 is 13.9. The molecule has 2 aromatic rings. The number of nitrogens with zero attached hydrogens (tertiary/aromatic N) is 3. The van der Waals surface area contributed by atoms with Crippen LogP contribution in [0.3, 0.4) is 0 Å². The summed E-state index contributed by atoms with van der Waals surface area (Å²) in [5, 5.41) is 3.19. The topological polar surface area (TPSA) is 41.1 Å². The van der Waals surface area contributed by atoms with Crippen LogP contribution in [0.1, 0.15) is 19.5 Å². The summed E-state index contributed by atoms with van der Waals surface area (Å²) in [6.45, 7) is 6.21. The van der Waals surface area contributed by atoms with Crippen molar-refractivity contribution in [1.29, 1.82) is 0 Å². The molecule has 20 heavy (non-hydrogen) atoms. The van der Waals surface area contributed by atoms with Crippen molar-refractivity contribution < 1.29 is 4.39 Å². The fourth-order valence-corrected chi connectivity index (χ4v) is 1.96. The van der Waals surface area contributed by atoms with Crippen molar-refractivity contribution in [3.63, 3.8) is 0 Å². The number of halogens is 1. The van der Waals surface area contributed by atoms with E-state index in [9.17, 15) is 4.39 Å². The van der Waals surface area contributed by atoms with Gasteiger partial charge in [0.2, 0.25) is 0 Å². The molecular formula is C15H19FN4. The molecule has 0 saturated carbocycles. The molecule has 0 bridgehead atoms. The summed E-state index contributed by atoms with van der Waals surface area (Å²) in [4.78, 5) is 10.5. The Labute approximate surface area is 118 Å². The van der Waals surface area contributed by atoms with Gasteiger partial charge in [-0.2, -0.15) is 0 Å². The Morgan fingerprint density at radius 2 is 1.95 bits per heavy atom. The van der Waals surface area contributed by atoms with Gasteiger partial charge in [0.25, 0.3) is 0 Å². The van der Waals surface area contributed by atoms with Crippen molar-refractivity contribution in [1.82, 2.24) is 15.3 Å². The molecule has 0 spiro atoms.